The van der Waals surface area contributed by atoms with E-state index in [4.69, 9.17) is 4.74 Å². The fraction of sp³-hybridized carbons (Fsp3) is 0.381. The van der Waals surface area contributed by atoms with Crippen molar-refractivity contribution in [3.05, 3.63) is 64.2 Å². The van der Waals surface area contributed by atoms with E-state index in [1.807, 2.05) is 19.1 Å². The molecule has 3 rings (SSSR count). The number of rotatable bonds is 6. The Balaban J connectivity index is 1.76. The number of benzene rings is 1. The number of carbonyl (C=O) groups excluding carboxylic acids is 1. The Bertz CT molecular complexity index is 893. The summed E-state index contributed by atoms with van der Waals surface area (Å²) in [6.45, 7) is 3.98. The van der Waals surface area contributed by atoms with Gasteiger partial charge in [-0.15, -0.1) is 0 Å². The first kappa shape index (κ1) is 19.2. The number of aliphatic imine (C=N–C) groups is 1. The second kappa shape index (κ2) is 7.96. The maximum absolute atomic E-state index is 13.4. The summed E-state index contributed by atoms with van der Waals surface area (Å²) in [5, 5.41) is 10.1. The third-order valence-electron chi connectivity index (χ3n) is 4.71. The largest absolute Gasteiger partial charge is 0.481 e. The van der Waals surface area contributed by atoms with Crippen molar-refractivity contribution in [2.24, 2.45) is 4.99 Å². The van der Waals surface area contributed by atoms with Gasteiger partial charge in [0.15, 0.2) is 0 Å². The topological polar surface area (TPSA) is 71.8 Å². The van der Waals surface area contributed by atoms with E-state index in [9.17, 15) is 14.3 Å². The smallest absolute Gasteiger partial charge is 0.218 e. The number of methoxy groups -OCH3 is 1. The lowest BCUT2D eigenvalue weighted by Gasteiger charge is -2.14. The highest BCUT2D eigenvalue weighted by Gasteiger charge is 2.25. The summed E-state index contributed by atoms with van der Waals surface area (Å²) in [5.41, 5.74) is 3.50. The maximum Gasteiger partial charge on any atom is 0.218 e. The third kappa shape index (κ3) is 4.22. The zero-order valence-electron chi connectivity index (χ0n) is 15.7. The minimum Gasteiger partial charge on any atom is -0.481 e. The molecule has 0 radical (unpaired) electrons. The molecule has 0 unspecified atom stereocenters. The number of hydrogen-bond donors (Lipinski definition) is 1. The van der Waals surface area contributed by atoms with Gasteiger partial charge < -0.3 is 9.84 Å². The SMILES string of the molecule is COC1=NCc2cc(CC(=O)C[C@H](C)c3cccc(F)c3)nc([C@H](C)O)c21. The van der Waals surface area contributed by atoms with Crippen molar-refractivity contribution in [1.82, 2.24) is 4.98 Å². The van der Waals surface area contributed by atoms with Crippen LogP contribution < -0.4 is 0 Å². The van der Waals surface area contributed by atoms with E-state index in [1.54, 1.807) is 13.0 Å². The second-order valence-electron chi connectivity index (χ2n) is 6.91. The van der Waals surface area contributed by atoms with Gasteiger partial charge in [0.05, 0.1) is 31.0 Å². The fourth-order valence-corrected chi connectivity index (χ4v) is 3.39. The predicted molar refractivity (Wildman–Crippen MR) is 100 cm³/mol. The molecule has 0 fully saturated rings. The van der Waals surface area contributed by atoms with Crippen LogP contribution in [0, 0.1) is 5.82 Å². The van der Waals surface area contributed by atoms with E-state index in [1.165, 1.54) is 19.2 Å². The Morgan fingerprint density at radius 1 is 1.33 bits per heavy atom. The van der Waals surface area contributed by atoms with Gasteiger partial charge in [0, 0.05) is 18.5 Å². The van der Waals surface area contributed by atoms with Crippen LogP contribution in [0.3, 0.4) is 0 Å². The highest BCUT2D eigenvalue weighted by atomic mass is 19.1. The summed E-state index contributed by atoms with van der Waals surface area (Å²) in [4.78, 5) is 21.3. The number of fused-ring (bicyclic) bond motifs is 1. The van der Waals surface area contributed by atoms with Crippen molar-refractivity contribution in [2.75, 3.05) is 7.11 Å². The van der Waals surface area contributed by atoms with Crippen LogP contribution in [0.15, 0.2) is 35.3 Å². The number of halogens is 1. The number of aliphatic hydroxyl groups is 1. The molecule has 6 heteroatoms. The molecule has 0 bridgehead atoms. The summed E-state index contributed by atoms with van der Waals surface area (Å²) < 4.78 is 18.6. The molecule has 1 aliphatic heterocycles. The van der Waals surface area contributed by atoms with Gasteiger partial charge in [0.1, 0.15) is 11.6 Å². The van der Waals surface area contributed by atoms with Crippen LogP contribution in [0.2, 0.25) is 0 Å². The predicted octanol–water partition coefficient (Wildman–Crippen LogP) is 3.49. The average molecular weight is 370 g/mol. The van der Waals surface area contributed by atoms with E-state index >= 15 is 0 Å². The number of aliphatic hydroxyl groups excluding tert-OH is 1. The molecule has 0 saturated heterocycles. The normalized spacial score (nSPS) is 15.1. The Hall–Kier alpha value is -2.60. The number of nitrogens with zero attached hydrogens (tertiary/aromatic N) is 2. The number of ketones is 1. The van der Waals surface area contributed by atoms with Gasteiger partial charge in [-0.05, 0) is 42.2 Å². The fourth-order valence-electron chi connectivity index (χ4n) is 3.39. The molecule has 0 spiro atoms. The molecule has 27 heavy (non-hydrogen) atoms. The molecule has 2 heterocycles. The highest BCUT2D eigenvalue weighted by Crippen LogP contribution is 2.28. The molecule has 1 aromatic heterocycles. The van der Waals surface area contributed by atoms with Crippen LogP contribution in [-0.2, 0) is 22.5 Å². The van der Waals surface area contributed by atoms with Crippen LogP contribution >= 0.6 is 0 Å². The Kier molecular flexibility index (Phi) is 5.65. The molecule has 142 valence electrons. The molecule has 2 aromatic rings. The van der Waals surface area contributed by atoms with Crippen molar-refractivity contribution in [3.63, 3.8) is 0 Å². The molecule has 2 atom stereocenters. The van der Waals surface area contributed by atoms with E-state index < -0.39 is 6.10 Å². The molecular weight excluding hydrogens is 347 g/mol. The first-order valence-electron chi connectivity index (χ1n) is 8.95. The number of pyridine rings is 1. The van der Waals surface area contributed by atoms with E-state index in [2.05, 4.69) is 9.98 Å². The first-order chi connectivity index (χ1) is 12.9. The van der Waals surface area contributed by atoms with Gasteiger partial charge in [0.25, 0.3) is 0 Å². The van der Waals surface area contributed by atoms with Crippen molar-refractivity contribution < 1.29 is 19.0 Å². The minimum absolute atomic E-state index is 0.0154. The summed E-state index contributed by atoms with van der Waals surface area (Å²) in [5.74, 6) is 0.0949. The van der Waals surface area contributed by atoms with Crippen molar-refractivity contribution in [1.29, 1.82) is 0 Å². The molecule has 1 aromatic carbocycles. The van der Waals surface area contributed by atoms with E-state index in [0.29, 0.717) is 30.3 Å². The summed E-state index contributed by atoms with van der Waals surface area (Å²) in [6, 6.07) is 8.17. The average Bonchev–Trinajstić information content (AvgIpc) is 3.03. The lowest BCUT2D eigenvalue weighted by Crippen LogP contribution is -2.14. The summed E-state index contributed by atoms with van der Waals surface area (Å²) in [7, 11) is 1.53. The lowest BCUT2D eigenvalue weighted by molar-refractivity contribution is -0.118. The van der Waals surface area contributed by atoms with Crippen LogP contribution in [-0.4, -0.2) is 28.9 Å². The minimum atomic E-state index is -0.793. The summed E-state index contributed by atoms with van der Waals surface area (Å²) >= 11 is 0. The van der Waals surface area contributed by atoms with Crippen LogP contribution in [0.5, 0.6) is 0 Å². The molecule has 0 saturated carbocycles. The molecule has 0 aliphatic carbocycles. The molecule has 0 amide bonds. The monoisotopic (exact) mass is 370 g/mol. The molecular formula is C21H23FN2O3. The van der Waals surface area contributed by atoms with Crippen molar-refractivity contribution in [3.8, 4) is 0 Å². The zero-order valence-corrected chi connectivity index (χ0v) is 15.7. The van der Waals surface area contributed by atoms with Gasteiger partial charge in [0.2, 0.25) is 5.90 Å². The number of carbonyl (C=O) groups is 1. The zero-order chi connectivity index (χ0) is 19.6. The molecule has 1 aliphatic rings. The Morgan fingerprint density at radius 3 is 2.78 bits per heavy atom. The van der Waals surface area contributed by atoms with Gasteiger partial charge in [-0.1, -0.05) is 19.1 Å². The molecule has 5 nitrogen and oxygen atoms in total. The number of ether oxygens (including phenoxy) is 1. The number of hydrogen-bond acceptors (Lipinski definition) is 5. The van der Waals surface area contributed by atoms with Crippen molar-refractivity contribution in [2.45, 2.75) is 45.3 Å². The lowest BCUT2D eigenvalue weighted by atomic mass is 9.93. The van der Waals surface area contributed by atoms with E-state index in [0.717, 1.165) is 16.7 Å². The maximum atomic E-state index is 13.4. The quantitative estimate of drug-likeness (QED) is 0.845. The van der Waals surface area contributed by atoms with Crippen molar-refractivity contribution >= 4 is 11.7 Å². The summed E-state index contributed by atoms with van der Waals surface area (Å²) in [6.07, 6.45) is -0.334. The van der Waals surface area contributed by atoms with Crippen LogP contribution in [0.4, 0.5) is 4.39 Å². The second-order valence-corrected chi connectivity index (χ2v) is 6.91. The van der Waals surface area contributed by atoms with E-state index in [-0.39, 0.29) is 23.9 Å². The van der Waals surface area contributed by atoms with Gasteiger partial charge in [-0.2, -0.15) is 0 Å². The third-order valence-corrected chi connectivity index (χ3v) is 4.71. The number of Topliss-reactive ketones (excluding diaryl/α,β-unsaturated/α-hetero) is 1. The Labute approximate surface area is 157 Å². The van der Waals surface area contributed by atoms with Gasteiger partial charge in [-0.25, -0.2) is 9.38 Å². The number of aromatic nitrogens is 1. The van der Waals surface area contributed by atoms with Gasteiger partial charge in [-0.3, -0.25) is 9.78 Å². The molecule has 1 N–H and O–H groups in total. The Morgan fingerprint density at radius 2 is 2.11 bits per heavy atom. The standard InChI is InChI=1S/C21H23FN2O3/c1-12(14-5-4-6-16(22)8-14)7-18(26)10-17-9-15-11-23-21(27-3)19(15)20(24-17)13(2)25/h4-6,8-9,12-13,25H,7,10-11H2,1-3H3/t12-,13-/m0/s1. The van der Waals surface area contributed by atoms with Crippen LogP contribution in [0.25, 0.3) is 0 Å². The van der Waals surface area contributed by atoms with Crippen LogP contribution in [0.1, 0.15) is 60.4 Å². The highest BCUT2D eigenvalue weighted by molar-refractivity contribution is 5.99. The first-order valence-corrected chi connectivity index (χ1v) is 8.95. The van der Waals surface area contributed by atoms with Gasteiger partial charge >= 0.3 is 0 Å².